The molecule has 0 bridgehead atoms. The van der Waals surface area contributed by atoms with Crippen molar-refractivity contribution in [2.75, 3.05) is 6.54 Å². The van der Waals surface area contributed by atoms with E-state index in [9.17, 15) is 0 Å². The number of furan rings is 1. The molecule has 0 aliphatic rings. The van der Waals surface area contributed by atoms with E-state index in [2.05, 4.69) is 24.3 Å². The van der Waals surface area contributed by atoms with E-state index in [-0.39, 0.29) is 6.04 Å². The van der Waals surface area contributed by atoms with Crippen LogP contribution < -0.4 is 5.32 Å². The van der Waals surface area contributed by atoms with E-state index in [4.69, 9.17) is 8.94 Å². The molecule has 4 heteroatoms. The van der Waals surface area contributed by atoms with Crippen molar-refractivity contribution < 1.29 is 8.94 Å². The summed E-state index contributed by atoms with van der Waals surface area (Å²) in [6.45, 7) is 11.1. The average Bonchev–Trinajstić information content (AvgIpc) is 2.93. The largest absolute Gasteiger partial charge is 0.465 e. The summed E-state index contributed by atoms with van der Waals surface area (Å²) in [4.78, 5) is 0. The van der Waals surface area contributed by atoms with Gasteiger partial charge in [0.2, 0.25) is 0 Å². The molecule has 0 amide bonds. The number of rotatable bonds is 5. The predicted octanol–water partition coefficient (Wildman–Crippen LogP) is 3.65. The Balaban J connectivity index is 1.95. The summed E-state index contributed by atoms with van der Waals surface area (Å²) in [6.07, 6.45) is 0. The quantitative estimate of drug-likeness (QED) is 0.893. The van der Waals surface area contributed by atoms with Crippen LogP contribution in [0, 0.1) is 20.8 Å². The Morgan fingerprint density at radius 3 is 2.47 bits per heavy atom. The fraction of sp³-hybridized carbons (Fsp3) is 0.533. The first-order valence-corrected chi connectivity index (χ1v) is 6.71. The van der Waals surface area contributed by atoms with Crippen LogP contribution in [0.3, 0.4) is 0 Å². The highest BCUT2D eigenvalue weighted by Crippen LogP contribution is 2.23. The molecule has 0 saturated carbocycles. The second kappa shape index (κ2) is 5.61. The van der Waals surface area contributed by atoms with Gasteiger partial charge in [0, 0.05) is 12.1 Å². The Morgan fingerprint density at radius 2 is 1.95 bits per heavy atom. The van der Waals surface area contributed by atoms with Crippen LogP contribution in [-0.4, -0.2) is 11.7 Å². The molecule has 4 nitrogen and oxygen atoms in total. The zero-order valence-corrected chi connectivity index (χ0v) is 12.3. The van der Waals surface area contributed by atoms with Crippen LogP contribution in [0.25, 0.3) is 0 Å². The molecule has 2 atom stereocenters. The lowest BCUT2D eigenvalue weighted by molar-refractivity contribution is 0.389. The van der Waals surface area contributed by atoms with Crippen LogP contribution in [-0.2, 0) is 0 Å². The third-order valence-electron chi connectivity index (χ3n) is 3.50. The maximum Gasteiger partial charge on any atom is 0.137 e. The topological polar surface area (TPSA) is 51.2 Å². The summed E-state index contributed by atoms with van der Waals surface area (Å²) in [7, 11) is 0. The first-order valence-electron chi connectivity index (χ1n) is 6.71. The molecule has 2 aromatic heterocycles. The summed E-state index contributed by atoms with van der Waals surface area (Å²) in [5.41, 5.74) is 2.18. The normalized spacial score (nSPS) is 14.6. The minimum Gasteiger partial charge on any atom is -0.465 e. The summed E-state index contributed by atoms with van der Waals surface area (Å²) in [5, 5.41) is 7.50. The number of aryl methyl sites for hydroxylation is 3. The lowest BCUT2D eigenvalue weighted by Gasteiger charge is -2.16. The molecule has 0 unspecified atom stereocenters. The van der Waals surface area contributed by atoms with Gasteiger partial charge in [0.25, 0.3) is 0 Å². The van der Waals surface area contributed by atoms with E-state index < -0.39 is 0 Å². The first-order chi connectivity index (χ1) is 8.99. The fourth-order valence-corrected chi connectivity index (χ4v) is 2.44. The number of nitrogens with one attached hydrogen (secondary N) is 1. The van der Waals surface area contributed by atoms with Crippen LogP contribution >= 0.6 is 0 Å². The molecule has 0 aliphatic carbocycles. The molecule has 2 heterocycles. The van der Waals surface area contributed by atoms with Gasteiger partial charge in [0.1, 0.15) is 17.3 Å². The number of nitrogens with zero attached hydrogens (tertiary/aromatic N) is 1. The summed E-state index contributed by atoms with van der Waals surface area (Å²) in [6, 6.07) is 4.22. The Bertz CT molecular complexity index is 523. The Hall–Kier alpha value is -1.55. The monoisotopic (exact) mass is 262 g/mol. The highest BCUT2D eigenvalue weighted by Gasteiger charge is 2.17. The van der Waals surface area contributed by atoms with Gasteiger partial charge in [0.05, 0.1) is 11.7 Å². The van der Waals surface area contributed by atoms with Gasteiger partial charge in [-0.3, -0.25) is 0 Å². The second-order valence-electron chi connectivity index (χ2n) is 5.22. The molecule has 19 heavy (non-hydrogen) atoms. The van der Waals surface area contributed by atoms with Crippen molar-refractivity contribution in [1.82, 2.24) is 10.5 Å². The van der Waals surface area contributed by atoms with E-state index in [1.165, 1.54) is 5.56 Å². The third-order valence-corrected chi connectivity index (χ3v) is 3.50. The van der Waals surface area contributed by atoms with E-state index in [1.54, 1.807) is 0 Å². The SMILES string of the molecule is Cc1ccc([C@@H](C)NC[C@H](C)c2c(C)noc2C)o1. The molecule has 0 saturated heterocycles. The lowest BCUT2D eigenvalue weighted by Crippen LogP contribution is -2.23. The van der Waals surface area contributed by atoms with E-state index in [1.807, 2.05) is 32.9 Å². The molecule has 104 valence electrons. The second-order valence-corrected chi connectivity index (χ2v) is 5.22. The molecule has 1 N–H and O–H groups in total. The molecule has 2 rings (SSSR count). The zero-order valence-electron chi connectivity index (χ0n) is 12.3. The highest BCUT2D eigenvalue weighted by atomic mass is 16.5. The van der Waals surface area contributed by atoms with Crippen molar-refractivity contribution in [2.24, 2.45) is 0 Å². The third kappa shape index (κ3) is 3.07. The highest BCUT2D eigenvalue weighted by molar-refractivity contribution is 5.25. The van der Waals surface area contributed by atoms with E-state index in [0.717, 1.165) is 29.5 Å². The summed E-state index contributed by atoms with van der Waals surface area (Å²) < 4.78 is 10.8. The van der Waals surface area contributed by atoms with Crippen molar-refractivity contribution in [3.8, 4) is 0 Å². The average molecular weight is 262 g/mol. The predicted molar refractivity (Wildman–Crippen MR) is 74.3 cm³/mol. The standard InChI is InChI=1S/C15H22N2O2/c1-9(15-12(4)17-19-13(15)5)8-16-11(3)14-7-6-10(2)18-14/h6-7,9,11,16H,8H2,1-5H3/t9-,11+/m0/s1. The molecular formula is C15H22N2O2. The van der Waals surface area contributed by atoms with Crippen LogP contribution in [0.2, 0.25) is 0 Å². The van der Waals surface area contributed by atoms with Gasteiger partial charge in [-0.1, -0.05) is 12.1 Å². The van der Waals surface area contributed by atoms with Crippen molar-refractivity contribution >= 4 is 0 Å². The lowest BCUT2D eigenvalue weighted by atomic mass is 9.99. The summed E-state index contributed by atoms with van der Waals surface area (Å²) >= 11 is 0. The molecule has 0 fully saturated rings. The van der Waals surface area contributed by atoms with Crippen LogP contribution in [0.5, 0.6) is 0 Å². The zero-order chi connectivity index (χ0) is 14.0. The molecule has 0 aliphatic heterocycles. The maximum atomic E-state index is 5.62. The number of aromatic nitrogens is 1. The van der Waals surface area contributed by atoms with E-state index >= 15 is 0 Å². The van der Waals surface area contributed by atoms with Crippen LogP contribution in [0.1, 0.15) is 54.3 Å². The molecule has 0 aromatic carbocycles. The van der Waals surface area contributed by atoms with Crippen LogP contribution in [0.15, 0.2) is 21.1 Å². The van der Waals surface area contributed by atoms with Gasteiger partial charge in [-0.2, -0.15) is 0 Å². The van der Waals surface area contributed by atoms with Crippen LogP contribution in [0.4, 0.5) is 0 Å². The van der Waals surface area contributed by atoms with Gasteiger partial charge >= 0.3 is 0 Å². The molecular weight excluding hydrogens is 240 g/mol. The Morgan fingerprint density at radius 1 is 1.21 bits per heavy atom. The number of hydrogen-bond donors (Lipinski definition) is 1. The fourth-order valence-electron chi connectivity index (χ4n) is 2.44. The molecule has 2 aromatic rings. The van der Waals surface area contributed by atoms with Gasteiger partial charge < -0.3 is 14.3 Å². The first kappa shape index (κ1) is 13.9. The maximum absolute atomic E-state index is 5.62. The minimum absolute atomic E-state index is 0.205. The van der Waals surface area contributed by atoms with Crippen molar-refractivity contribution in [1.29, 1.82) is 0 Å². The van der Waals surface area contributed by atoms with E-state index in [0.29, 0.717) is 5.92 Å². The molecule has 0 spiro atoms. The van der Waals surface area contributed by atoms with Gasteiger partial charge in [-0.25, -0.2) is 0 Å². The molecule has 0 radical (unpaired) electrons. The number of hydrogen-bond acceptors (Lipinski definition) is 4. The summed E-state index contributed by atoms with van der Waals surface area (Å²) in [5.74, 6) is 3.20. The van der Waals surface area contributed by atoms with Gasteiger partial charge in [-0.05, 0) is 45.7 Å². The Kier molecular flexibility index (Phi) is 4.10. The van der Waals surface area contributed by atoms with Gasteiger partial charge in [0.15, 0.2) is 0 Å². The smallest absolute Gasteiger partial charge is 0.137 e. The van der Waals surface area contributed by atoms with Crippen molar-refractivity contribution in [3.63, 3.8) is 0 Å². The van der Waals surface area contributed by atoms with Crippen molar-refractivity contribution in [3.05, 3.63) is 40.7 Å². The van der Waals surface area contributed by atoms with Crippen molar-refractivity contribution in [2.45, 2.75) is 46.6 Å². The Labute approximate surface area is 114 Å². The minimum atomic E-state index is 0.205. The van der Waals surface area contributed by atoms with Gasteiger partial charge in [-0.15, -0.1) is 0 Å².